The molecular weight excluding hydrogens is 417 g/mol. The smallest absolute Gasteiger partial charge is 0.327 e. The van der Waals surface area contributed by atoms with E-state index in [9.17, 15) is 14.7 Å². The molecule has 2 aliphatic rings. The molecule has 0 radical (unpaired) electrons. The van der Waals surface area contributed by atoms with Crippen LogP contribution in [0.2, 0.25) is 0 Å². The monoisotopic (exact) mass is 449 g/mol. The highest BCUT2D eigenvalue weighted by molar-refractivity contribution is 8.00. The maximum Gasteiger partial charge on any atom is 0.327 e. The first-order chi connectivity index (χ1) is 14.8. The van der Waals surface area contributed by atoms with Crippen LogP contribution in [-0.2, 0) is 4.79 Å². The Morgan fingerprint density at radius 2 is 2.03 bits per heavy atom. The van der Waals surface area contributed by atoms with E-state index in [0.29, 0.717) is 12.4 Å². The van der Waals surface area contributed by atoms with Gasteiger partial charge in [0.05, 0.1) is 18.0 Å². The van der Waals surface area contributed by atoms with Crippen molar-refractivity contribution in [1.82, 2.24) is 4.90 Å². The van der Waals surface area contributed by atoms with Crippen LogP contribution in [0.3, 0.4) is 0 Å². The minimum Gasteiger partial charge on any atom is -0.493 e. The first-order valence-electron chi connectivity index (χ1n) is 11.0. The van der Waals surface area contributed by atoms with E-state index in [4.69, 9.17) is 4.74 Å². The Labute approximate surface area is 188 Å². The summed E-state index contributed by atoms with van der Waals surface area (Å²) in [5, 5.41) is 9.29. The number of amides is 1. The topological polar surface area (TPSA) is 66.8 Å². The lowest BCUT2D eigenvalue weighted by Crippen LogP contribution is -2.44. The average molecular weight is 450 g/mol. The van der Waals surface area contributed by atoms with Gasteiger partial charge in [-0.15, -0.1) is 18.3 Å². The Morgan fingerprint density at radius 1 is 1.35 bits per heavy atom. The van der Waals surface area contributed by atoms with Gasteiger partial charge in [0, 0.05) is 16.7 Å². The first kappa shape index (κ1) is 23.6. The number of hydrogen-bond donors (Lipinski definition) is 1. The fourth-order valence-electron chi connectivity index (χ4n) is 4.21. The van der Waals surface area contributed by atoms with Crippen LogP contribution in [0.4, 0.5) is 4.39 Å². The highest BCUT2D eigenvalue weighted by Crippen LogP contribution is 2.46. The van der Waals surface area contributed by atoms with Gasteiger partial charge in [0.1, 0.15) is 17.6 Å². The number of nitrogens with zero attached hydrogens (tertiary/aromatic N) is 1. The lowest BCUT2D eigenvalue weighted by molar-refractivity contribution is -0.141. The molecule has 1 amide bonds. The van der Waals surface area contributed by atoms with E-state index in [0.717, 1.165) is 37.7 Å². The molecule has 1 aliphatic carbocycles. The number of carboxylic acids is 1. The molecule has 1 aliphatic heterocycles. The summed E-state index contributed by atoms with van der Waals surface area (Å²) >= 11 is 1.39. The van der Waals surface area contributed by atoms with Gasteiger partial charge in [-0.1, -0.05) is 26.8 Å². The molecule has 1 saturated carbocycles. The summed E-state index contributed by atoms with van der Waals surface area (Å²) in [6.07, 6.45) is 6.52. The highest BCUT2D eigenvalue weighted by atomic mass is 32.2. The third-order valence-corrected chi connectivity index (χ3v) is 7.94. The van der Waals surface area contributed by atoms with Gasteiger partial charge >= 0.3 is 5.97 Å². The van der Waals surface area contributed by atoms with Crippen LogP contribution in [0, 0.1) is 11.2 Å². The van der Waals surface area contributed by atoms with Gasteiger partial charge < -0.3 is 14.7 Å². The van der Waals surface area contributed by atoms with Crippen molar-refractivity contribution in [3.8, 4) is 5.75 Å². The molecule has 0 spiro atoms. The van der Waals surface area contributed by atoms with Crippen molar-refractivity contribution in [2.75, 3.05) is 12.5 Å². The minimum absolute atomic E-state index is 0.0504. The van der Waals surface area contributed by atoms with Gasteiger partial charge in [0.2, 0.25) is 0 Å². The lowest BCUT2D eigenvalue weighted by atomic mass is 9.80. The Morgan fingerprint density at radius 3 is 2.58 bits per heavy atom. The number of ether oxygens (including phenoxy) is 1. The average Bonchev–Trinajstić information content (AvgIpc) is 3.51. The second kappa shape index (κ2) is 9.63. The van der Waals surface area contributed by atoms with Crippen LogP contribution in [0.15, 0.2) is 24.8 Å². The quantitative estimate of drug-likeness (QED) is 0.481. The van der Waals surface area contributed by atoms with E-state index in [1.54, 1.807) is 13.0 Å². The van der Waals surface area contributed by atoms with Crippen LogP contribution in [0.1, 0.15) is 74.7 Å². The van der Waals surface area contributed by atoms with Crippen LogP contribution in [-0.4, -0.2) is 45.7 Å². The number of benzene rings is 1. The van der Waals surface area contributed by atoms with Crippen molar-refractivity contribution in [2.45, 2.75) is 70.1 Å². The second-order valence-corrected chi connectivity index (χ2v) is 10.0. The zero-order valence-corrected chi connectivity index (χ0v) is 19.3. The number of carbonyl (C=O) groups excluding carboxylic acids is 1. The number of hydrogen-bond acceptors (Lipinski definition) is 4. The Balaban J connectivity index is 1.88. The molecule has 0 unspecified atom stereocenters. The van der Waals surface area contributed by atoms with Crippen molar-refractivity contribution >= 4 is 23.6 Å². The second-order valence-electron chi connectivity index (χ2n) is 8.69. The molecule has 0 bridgehead atoms. The van der Waals surface area contributed by atoms with Gasteiger partial charge in [-0.05, 0) is 49.7 Å². The van der Waals surface area contributed by atoms with Gasteiger partial charge in [-0.25, -0.2) is 9.18 Å². The minimum atomic E-state index is -1.06. The van der Waals surface area contributed by atoms with Crippen molar-refractivity contribution in [2.24, 2.45) is 5.41 Å². The molecule has 2 atom stereocenters. The summed E-state index contributed by atoms with van der Waals surface area (Å²) < 4.78 is 21.2. The van der Waals surface area contributed by atoms with Gasteiger partial charge in [0.15, 0.2) is 0 Å². The van der Waals surface area contributed by atoms with Crippen LogP contribution in [0.25, 0.3) is 0 Å². The summed E-state index contributed by atoms with van der Waals surface area (Å²) in [5.41, 5.74) is 0.722. The van der Waals surface area contributed by atoms with Gasteiger partial charge in [-0.3, -0.25) is 4.79 Å². The van der Waals surface area contributed by atoms with Crippen LogP contribution in [0.5, 0.6) is 5.75 Å². The summed E-state index contributed by atoms with van der Waals surface area (Å²) in [5.74, 6) is -1.32. The maximum absolute atomic E-state index is 15.1. The van der Waals surface area contributed by atoms with Gasteiger partial charge in [0.25, 0.3) is 5.91 Å². The molecule has 2 fully saturated rings. The lowest BCUT2D eigenvalue weighted by Gasteiger charge is -2.31. The van der Waals surface area contributed by atoms with Crippen molar-refractivity contribution in [3.63, 3.8) is 0 Å². The van der Waals surface area contributed by atoms with E-state index in [1.165, 1.54) is 22.7 Å². The molecule has 1 saturated heterocycles. The number of allylic oxidation sites excluding steroid dienone is 1. The van der Waals surface area contributed by atoms with E-state index >= 15 is 4.39 Å². The summed E-state index contributed by atoms with van der Waals surface area (Å²) in [6.45, 7) is 10.3. The zero-order valence-electron chi connectivity index (χ0n) is 18.5. The number of carboxylic acid groups (broad SMARTS) is 1. The number of halogens is 1. The number of thioether (sulfide) groups is 1. The largest absolute Gasteiger partial charge is 0.493 e. The molecule has 3 rings (SSSR count). The third kappa shape index (κ3) is 4.92. The number of carbonyl (C=O) groups is 2. The Kier molecular flexibility index (Phi) is 7.35. The predicted molar refractivity (Wildman–Crippen MR) is 121 cm³/mol. The SMILES string of the molecule is C=CCC(CC)(CC)COc1cc(F)c(C(=O)N2CS[C@@H](C)[C@@H]2C(=O)O)cc1C1CC1. The van der Waals surface area contributed by atoms with Crippen molar-refractivity contribution in [1.29, 1.82) is 0 Å². The molecule has 0 aromatic heterocycles. The number of aliphatic carboxylic acids is 1. The maximum atomic E-state index is 15.1. The molecule has 1 heterocycles. The van der Waals surface area contributed by atoms with E-state index in [2.05, 4.69) is 20.4 Å². The van der Waals surface area contributed by atoms with Crippen LogP contribution >= 0.6 is 11.8 Å². The summed E-state index contributed by atoms with van der Waals surface area (Å²) in [6, 6.07) is 1.95. The molecular formula is C24H32FNO4S. The Hall–Kier alpha value is -2.02. The van der Waals surface area contributed by atoms with Crippen molar-refractivity contribution < 1.29 is 23.8 Å². The van der Waals surface area contributed by atoms with Gasteiger partial charge in [-0.2, -0.15) is 0 Å². The fourth-order valence-corrected chi connectivity index (χ4v) is 5.33. The molecule has 1 aromatic carbocycles. The van der Waals surface area contributed by atoms with Crippen molar-refractivity contribution in [3.05, 3.63) is 41.7 Å². The van der Waals surface area contributed by atoms with E-state index in [-0.39, 0.29) is 28.0 Å². The molecule has 1 N–H and O–H groups in total. The predicted octanol–water partition coefficient (Wildman–Crippen LogP) is 5.45. The molecule has 170 valence electrons. The fraction of sp³-hybridized carbons (Fsp3) is 0.583. The molecule has 5 nitrogen and oxygen atoms in total. The van der Waals surface area contributed by atoms with E-state index in [1.807, 2.05) is 6.08 Å². The Bertz CT molecular complexity index is 850. The van der Waals surface area contributed by atoms with E-state index < -0.39 is 23.7 Å². The zero-order chi connectivity index (χ0) is 22.8. The first-order valence-corrected chi connectivity index (χ1v) is 12.0. The molecule has 31 heavy (non-hydrogen) atoms. The highest BCUT2D eigenvalue weighted by Gasteiger charge is 2.41. The summed E-state index contributed by atoms with van der Waals surface area (Å²) in [4.78, 5) is 26.0. The molecule has 7 heteroatoms. The molecule has 1 aromatic rings. The summed E-state index contributed by atoms with van der Waals surface area (Å²) in [7, 11) is 0. The normalized spacial score (nSPS) is 21.2. The number of rotatable bonds is 10. The van der Waals surface area contributed by atoms with Crippen LogP contribution < -0.4 is 4.74 Å². The standard InChI is InChI=1S/C24H32FNO4S/c1-5-10-24(6-2,7-3)13-30-20-12-19(25)18(11-17(20)16-8-9-16)22(27)26-14-31-15(4)21(26)23(28)29/h5,11-12,15-16,21H,1,6-10,13-14H2,2-4H3,(H,28,29)/t15-,21+/m0/s1. The third-order valence-electron chi connectivity index (χ3n) is 6.73.